The van der Waals surface area contributed by atoms with E-state index >= 15 is 0 Å². The molecule has 2 aromatic rings. The van der Waals surface area contributed by atoms with Crippen molar-refractivity contribution in [3.63, 3.8) is 0 Å². The number of nitro benzene ring substituents is 1. The maximum atomic E-state index is 11.8. The van der Waals surface area contributed by atoms with Gasteiger partial charge in [0.1, 0.15) is 0 Å². The fourth-order valence-corrected chi connectivity index (χ4v) is 1.83. The molecule has 0 unspecified atom stereocenters. The summed E-state index contributed by atoms with van der Waals surface area (Å²) in [5, 5.41) is 13.3. The van der Waals surface area contributed by atoms with Crippen LogP contribution in [0.5, 0.6) is 0 Å². The first-order valence-corrected chi connectivity index (χ1v) is 6.43. The van der Waals surface area contributed by atoms with Gasteiger partial charge in [0.25, 0.3) is 5.69 Å². The minimum Gasteiger partial charge on any atom is -0.399 e. The van der Waals surface area contributed by atoms with E-state index in [2.05, 4.69) is 5.32 Å². The second-order valence-electron chi connectivity index (χ2n) is 4.59. The molecule has 0 aliphatic heterocycles. The lowest BCUT2D eigenvalue weighted by Gasteiger charge is -2.05. The summed E-state index contributed by atoms with van der Waals surface area (Å²) in [6.45, 7) is 0. The largest absolute Gasteiger partial charge is 0.399 e. The number of rotatable bonds is 5. The average molecular weight is 285 g/mol. The molecule has 0 heterocycles. The lowest BCUT2D eigenvalue weighted by Crippen LogP contribution is -2.12. The summed E-state index contributed by atoms with van der Waals surface area (Å²) in [6, 6.07) is 13.1. The number of non-ortho nitro benzene ring substituents is 1. The van der Waals surface area contributed by atoms with E-state index in [0.717, 1.165) is 5.56 Å². The first-order chi connectivity index (χ1) is 10.0. The van der Waals surface area contributed by atoms with Crippen LogP contribution in [-0.2, 0) is 11.2 Å². The van der Waals surface area contributed by atoms with Gasteiger partial charge in [-0.3, -0.25) is 14.9 Å². The molecule has 0 fully saturated rings. The Balaban J connectivity index is 1.86. The summed E-state index contributed by atoms with van der Waals surface area (Å²) < 4.78 is 0. The summed E-state index contributed by atoms with van der Waals surface area (Å²) in [4.78, 5) is 21.9. The van der Waals surface area contributed by atoms with Crippen LogP contribution in [0, 0.1) is 10.1 Å². The Labute approximate surface area is 121 Å². The minimum absolute atomic E-state index is 0.0464. The first-order valence-electron chi connectivity index (χ1n) is 6.43. The molecule has 0 saturated heterocycles. The summed E-state index contributed by atoms with van der Waals surface area (Å²) >= 11 is 0. The van der Waals surface area contributed by atoms with Crippen LogP contribution in [0.25, 0.3) is 0 Å². The average Bonchev–Trinajstić information content (AvgIpc) is 2.48. The monoisotopic (exact) mass is 285 g/mol. The Morgan fingerprint density at radius 2 is 1.71 bits per heavy atom. The number of anilines is 2. The van der Waals surface area contributed by atoms with E-state index in [4.69, 9.17) is 5.73 Å². The molecular formula is C15H15N3O3. The third kappa shape index (κ3) is 4.31. The van der Waals surface area contributed by atoms with Crippen LogP contribution in [0.1, 0.15) is 12.0 Å². The number of hydrogen-bond donors (Lipinski definition) is 2. The topological polar surface area (TPSA) is 98.3 Å². The first kappa shape index (κ1) is 14.5. The molecule has 0 aliphatic rings. The number of nitrogen functional groups attached to an aromatic ring is 1. The zero-order valence-electron chi connectivity index (χ0n) is 11.3. The number of carbonyl (C=O) groups is 1. The Morgan fingerprint density at radius 3 is 2.29 bits per heavy atom. The van der Waals surface area contributed by atoms with Gasteiger partial charge in [-0.25, -0.2) is 0 Å². The molecular weight excluding hydrogens is 270 g/mol. The van der Waals surface area contributed by atoms with Gasteiger partial charge in [0, 0.05) is 29.9 Å². The zero-order chi connectivity index (χ0) is 15.2. The van der Waals surface area contributed by atoms with Gasteiger partial charge in [-0.2, -0.15) is 0 Å². The van der Waals surface area contributed by atoms with Gasteiger partial charge in [0.05, 0.1) is 4.92 Å². The second kappa shape index (κ2) is 6.51. The lowest BCUT2D eigenvalue weighted by molar-refractivity contribution is -0.384. The third-order valence-corrected chi connectivity index (χ3v) is 2.98. The van der Waals surface area contributed by atoms with E-state index in [-0.39, 0.29) is 11.6 Å². The summed E-state index contributed by atoms with van der Waals surface area (Å²) in [7, 11) is 0. The van der Waals surface area contributed by atoms with Crippen molar-refractivity contribution in [2.24, 2.45) is 0 Å². The highest BCUT2D eigenvalue weighted by molar-refractivity contribution is 5.90. The van der Waals surface area contributed by atoms with Crippen LogP contribution < -0.4 is 11.1 Å². The summed E-state index contributed by atoms with van der Waals surface area (Å²) in [6.07, 6.45) is 0.834. The van der Waals surface area contributed by atoms with E-state index < -0.39 is 4.92 Å². The van der Waals surface area contributed by atoms with Crippen molar-refractivity contribution < 1.29 is 9.72 Å². The Kier molecular flexibility index (Phi) is 4.50. The van der Waals surface area contributed by atoms with Crippen LogP contribution in [0.15, 0.2) is 48.5 Å². The number of nitrogens with two attached hydrogens (primary N) is 1. The van der Waals surface area contributed by atoms with Crippen LogP contribution in [0.4, 0.5) is 17.1 Å². The minimum atomic E-state index is -0.447. The Hall–Kier alpha value is -2.89. The summed E-state index contributed by atoms with van der Waals surface area (Å²) in [5.41, 5.74) is 7.82. The van der Waals surface area contributed by atoms with Gasteiger partial charge in [0.15, 0.2) is 0 Å². The molecule has 6 nitrogen and oxygen atoms in total. The molecule has 2 aromatic carbocycles. The van der Waals surface area contributed by atoms with Crippen LogP contribution >= 0.6 is 0 Å². The van der Waals surface area contributed by atoms with Gasteiger partial charge in [0.2, 0.25) is 5.91 Å². The van der Waals surface area contributed by atoms with Crippen LogP contribution in [0.2, 0.25) is 0 Å². The Bertz CT molecular complexity index is 636. The number of amides is 1. The maximum absolute atomic E-state index is 11.8. The molecule has 0 aliphatic carbocycles. The second-order valence-corrected chi connectivity index (χ2v) is 4.59. The Morgan fingerprint density at radius 1 is 1.10 bits per heavy atom. The van der Waals surface area contributed by atoms with E-state index in [1.165, 1.54) is 12.1 Å². The molecule has 2 rings (SSSR count). The van der Waals surface area contributed by atoms with E-state index in [1.807, 2.05) is 0 Å². The van der Waals surface area contributed by atoms with Crippen molar-refractivity contribution in [3.8, 4) is 0 Å². The van der Waals surface area contributed by atoms with Gasteiger partial charge < -0.3 is 11.1 Å². The smallest absolute Gasteiger partial charge is 0.269 e. The van der Waals surface area contributed by atoms with Crippen molar-refractivity contribution in [1.29, 1.82) is 0 Å². The number of benzene rings is 2. The highest BCUT2D eigenvalue weighted by Gasteiger charge is 2.06. The summed E-state index contributed by atoms with van der Waals surface area (Å²) in [5.74, 6) is -0.113. The molecule has 108 valence electrons. The quantitative estimate of drug-likeness (QED) is 0.501. The van der Waals surface area contributed by atoms with Crippen LogP contribution in [0.3, 0.4) is 0 Å². The molecule has 0 saturated carbocycles. The number of nitrogens with zero attached hydrogens (tertiary/aromatic N) is 1. The maximum Gasteiger partial charge on any atom is 0.269 e. The fourth-order valence-electron chi connectivity index (χ4n) is 1.83. The van der Waals surface area contributed by atoms with Gasteiger partial charge in [-0.1, -0.05) is 12.1 Å². The number of nitrogens with one attached hydrogen (secondary N) is 1. The molecule has 0 radical (unpaired) electrons. The van der Waals surface area contributed by atoms with Gasteiger partial charge in [-0.15, -0.1) is 0 Å². The number of hydrogen-bond acceptors (Lipinski definition) is 4. The molecule has 21 heavy (non-hydrogen) atoms. The molecule has 0 aromatic heterocycles. The van der Waals surface area contributed by atoms with Crippen molar-refractivity contribution in [2.45, 2.75) is 12.8 Å². The molecule has 3 N–H and O–H groups in total. The van der Waals surface area contributed by atoms with Crippen molar-refractivity contribution in [2.75, 3.05) is 11.1 Å². The third-order valence-electron chi connectivity index (χ3n) is 2.98. The van der Waals surface area contributed by atoms with E-state index in [0.29, 0.717) is 24.2 Å². The predicted octanol–water partition coefficient (Wildman–Crippen LogP) is 2.75. The molecule has 0 spiro atoms. The molecule has 1 amide bonds. The normalized spacial score (nSPS) is 10.1. The van der Waals surface area contributed by atoms with Crippen molar-refractivity contribution in [1.82, 2.24) is 0 Å². The standard InChI is InChI=1S/C15H15N3O3/c16-12-4-6-13(7-5-12)17-15(19)10-3-11-1-8-14(9-2-11)18(20)21/h1-2,4-9H,3,10,16H2,(H,17,19). The van der Waals surface area contributed by atoms with E-state index in [1.54, 1.807) is 36.4 Å². The van der Waals surface area contributed by atoms with Crippen molar-refractivity contribution in [3.05, 3.63) is 64.2 Å². The predicted molar refractivity (Wildman–Crippen MR) is 80.9 cm³/mol. The number of nitro groups is 1. The van der Waals surface area contributed by atoms with Gasteiger partial charge in [-0.05, 0) is 36.2 Å². The molecule has 6 heteroatoms. The highest BCUT2D eigenvalue weighted by Crippen LogP contribution is 2.14. The fraction of sp³-hybridized carbons (Fsp3) is 0.133. The number of aryl methyl sites for hydroxylation is 1. The highest BCUT2D eigenvalue weighted by atomic mass is 16.6. The zero-order valence-corrected chi connectivity index (χ0v) is 11.3. The molecule has 0 bridgehead atoms. The van der Waals surface area contributed by atoms with Gasteiger partial charge >= 0.3 is 0 Å². The van der Waals surface area contributed by atoms with E-state index in [9.17, 15) is 14.9 Å². The number of carbonyl (C=O) groups excluding carboxylic acids is 1. The van der Waals surface area contributed by atoms with Crippen LogP contribution in [-0.4, -0.2) is 10.8 Å². The molecule has 0 atom stereocenters. The lowest BCUT2D eigenvalue weighted by atomic mass is 10.1. The SMILES string of the molecule is Nc1ccc(NC(=O)CCc2ccc([N+](=O)[O-])cc2)cc1. The van der Waals surface area contributed by atoms with Crippen molar-refractivity contribution >= 4 is 23.0 Å².